The maximum Gasteiger partial charge on any atom is 0.238 e. The normalized spacial score (nSPS) is 17.6. The van der Waals surface area contributed by atoms with Crippen molar-refractivity contribution in [3.8, 4) is 22.2 Å². The minimum Gasteiger partial charge on any atom is -0.460 e. The number of aromatic nitrogens is 2. The van der Waals surface area contributed by atoms with Gasteiger partial charge in [0, 0.05) is 42.9 Å². The summed E-state index contributed by atoms with van der Waals surface area (Å²) in [6, 6.07) is 7.88. The number of pyridine rings is 1. The van der Waals surface area contributed by atoms with Gasteiger partial charge in [0.25, 0.3) is 0 Å². The first-order valence-electron chi connectivity index (χ1n) is 9.31. The van der Waals surface area contributed by atoms with E-state index in [2.05, 4.69) is 32.4 Å². The van der Waals surface area contributed by atoms with Gasteiger partial charge in [-0.1, -0.05) is 0 Å². The summed E-state index contributed by atoms with van der Waals surface area (Å²) >= 11 is 1.51. The number of rotatable bonds is 5. The molecule has 1 amide bonds. The van der Waals surface area contributed by atoms with Crippen LogP contribution in [0.3, 0.4) is 0 Å². The van der Waals surface area contributed by atoms with Crippen LogP contribution in [0, 0.1) is 6.92 Å². The Morgan fingerprint density at radius 3 is 2.96 bits per heavy atom. The zero-order valence-corrected chi connectivity index (χ0v) is 16.8. The van der Waals surface area contributed by atoms with Crippen molar-refractivity contribution in [1.29, 1.82) is 0 Å². The van der Waals surface area contributed by atoms with Crippen molar-refractivity contribution < 1.29 is 9.21 Å². The smallest absolute Gasteiger partial charge is 0.238 e. The monoisotopic (exact) mass is 397 g/mol. The van der Waals surface area contributed by atoms with Gasteiger partial charge in [-0.3, -0.25) is 9.69 Å². The molecule has 4 heterocycles. The molecule has 8 heteroatoms. The van der Waals surface area contributed by atoms with Crippen LogP contribution in [0.1, 0.15) is 12.7 Å². The number of carbonyl (C=O) groups excluding carboxylic acids is 1. The fourth-order valence-corrected chi connectivity index (χ4v) is 3.92. The van der Waals surface area contributed by atoms with Crippen LogP contribution in [-0.2, 0) is 4.79 Å². The van der Waals surface area contributed by atoms with E-state index < -0.39 is 0 Å². The molecule has 2 N–H and O–H groups in total. The predicted molar refractivity (Wildman–Crippen MR) is 110 cm³/mol. The van der Waals surface area contributed by atoms with E-state index >= 15 is 0 Å². The lowest BCUT2D eigenvalue weighted by molar-refractivity contribution is -0.117. The zero-order valence-electron chi connectivity index (χ0n) is 15.9. The lowest BCUT2D eigenvalue weighted by atomic mass is 10.2. The number of hydrogen-bond acceptors (Lipinski definition) is 7. The fraction of sp³-hybridized carbons (Fsp3) is 0.350. The lowest BCUT2D eigenvalue weighted by Crippen LogP contribution is -2.51. The Balaban J connectivity index is 1.57. The Hall–Kier alpha value is -2.55. The third-order valence-electron chi connectivity index (χ3n) is 4.57. The Morgan fingerprint density at radius 1 is 1.39 bits per heavy atom. The summed E-state index contributed by atoms with van der Waals surface area (Å²) < 4.78 is 5.73. The Bertz CT molecular complexity index is 953. The number of aryl methyl sites for hydroxylation is 1. The van der Waals surface area contributed by atoms with Gasteiger partial charge in [0.15, 0.2) is 5.76 Å². The van der Waals surface area contributed by atoms with Crippen molar-refractivity contribution in [2.45, 2.75) is 19.9 Å². The van der Waals surface area contributed by atoms with E-state index in [0.717, 1.165) is 30.4 Å². The molecular weight excluding hydrogens is 374 g/mol. The van der Waals surface area contributed by atoms with Crippen molar-refractivity contribution in [2.75, 3.05) is 31.5 Å². The molecule has 146 valence electrons. The first kappa shape index (κ1) is 18.8. The first-order valence-corrected chi connectivity index (χ1v) is 10.2. The van der Waals surface area contributed by atoms with Crippen molar-refractivity contribution in [1.82, 2.24) is 20.2 Å². The highest BCUT2D eigenvalue weighted by molar-refractivity contribution is 7.13. The van der Waals surface area contributed by atoms with Gasteiger partial charge in [0.2, 0.25) is 5.91 Å². The van der Waals surface area contributed by atoms with Crippen molar-refractivity contribution in [3.63, 3.8) is 0 Å². The van der Waals surface area contributed by atoms with Crippen molar-refractivity contribution in [3.05, 3.63) is 41.6 Å². The third-order valence-corrected chi connectivity index (χ3v) is 5.37. The van der Waals surface area contributed by atoms with E-state index in [1.54, 1.807) is 6.20 Å². The van der Waals surface area contributed by atoms with Gasteiger partial charge < -0.3 is 15.1 Å². The van der Waals surface area contributed by atoms with Crippen LogP contribution in [-0.4, -0.2) is 53.0 Å². The summed E-state index contributed by atoms with van der Waals surface area (Å²) in [7, 11) is 0. The molecular formula is C20H23N5O2S. The van der Waals surface area contributed by atoms with Gasteiger partial charge in [-0.05, 0) is 38.1 Å². The van der Waals surface area contributed by atoms with Crippen LogP contribution >= 0.6 is 11.3 Å². The number of carbonyl (C=O) groups is 1. The van der Waals surface area contributed by atoms with Crippen LogP contribution < -0.4 is 10.6 Å². The highest BCUT2D eigenvalue weighted by Gasteiger charge is 2.19. The summed E-state index contributed by atoms with van der Waals surface area (Å²) in [5.41, 5.74) is 2.08. The van der Waals surface area contributed by atoms with Crippen molar-refractivity contribution in [2.24, 2.45) is 0 Å². The number of hydrogen-bond donors (Lipinski definition) is 2. The number of thiazole rings is 1. The van der Waals surface area contributed by atoms with Gasteiger partial charge in [-0.25, -0.2) is 9.97 Å². The molecule has 1 aliphatic rings. The SMILES string of the molecule is Cc1ccc(-c2cc(NC(=O)CN3CCN[C@H](C)C3)cc(-c3nccs3)n2)o1. The fourth-order valence-electron chi connectivity index (χ4n) is 3.32. The topological polar surface area (TPSA) is 83.3 Å². The van der Waals surface area contributed by atoms with Crippen LogP contribution in [0.5, 0.6) is 0 Å². The Kier molecular flexibility index (Phi) is 5.52. The number of furan rings is 1. The Morgan fingerprint density at radius 2 is 2.25 bits per heavy atom. The molecule has 0 saturated carbocycles. The molecule has 28 heavy (non-hydrogen) atoms. The second kappa shape index (κ2) is 8.22. The Labute approximate surface area is 167 Å². The van der Waals surface area contributed by atoms with Gasteiger partial charge in [0.05, 0.1) is 6.54 Å². The van der Waals surface area contributed by atoms with Crippen LogP contribution in [0.25, 0.3) is 22.2 Å². The number of piperazine rings is 1. The van der Waals surface area contributed by atoms with E-state index in [1.165, 1.54) is 11.3 Å². The second-order valence-electron chi connectivity index (χ2n) is 7.01. The molecule has 3 aromatic heterocycles. The number of amides is 1. The summed E-state index contributed by atoms with van der Waals surface area (Å²) in [6.07, 6.45) is 1.75. The maximum absolute atomic E-state index is 12.6. The van der Waals surface area contributed by atoms with Crippen molar-refractivity contribution >= 4 is 22.9 Å². The first-order chi connectivity index (χ1) is 13.6. The molecule has 0 spiro atoms. The molecule has 7 nitrogen and oxygen atoms in total. The second-order valence-corrected chi connectivity index (χ2v) is 7.91. The quantitative estimate of drug-likeness (QED) is 0.689. The van der Waals surface area contributed by atoms with Gasteiger partial charge in [-0.15, -0.1) is 11.3 Å². The molecule has 4 rings (SSSR count). The molecule has 1 atom stereocenters. The highest BCUT2D eigenvalue weighted by atomic mass is 32.1. The van der Waals surface area contributed by atoms with Crippen LogP contribution in [0.2, 0.25) is 0 Å². The predicted octanol–water partition coefficient (Wildman–Crippen LogP) is 3.01. The average molecular weight is 398 g/mol. The standard InChI is InChI=1S/C20H23N5O2S/c1-13-11-25(7-5-21-13)12-19(26)23-15-9-16(18-4-3-14(2)27-18)24-17(10-15)20-22-6-8-28-20/h3-4,6,8-10,13,21H,5,7,11-12H2,1-2H3,(H,23,24,26)/t13-/m1/s1. The van der Waals surface area contributed by atoms with E-state index in [0.29, 0.717) is 35.4 Å². The summed E-state index contributed by atoms with van der Waals surface area (Å²) in [5.74, 6) is 1.45. The number of nitrogens with zero attached hydrogens (tertiary/aromatic N) is 3. The minimum absolute atomic E-state index is 0.0352. The van der Waals surface area contributed by atoms with E-state index in [1.807, 2.05) is 36.6 Å². The van der Waals surface area contributed by atoms with Gasteiger partial charge in [0.1, 0.15) is 22.2 Å². The van der Waals surface area contributed by atoms with Crippen LogP contribution in [0.4, 0.5) is 5.69 Å². The zero-order chi connectivity index (χ0) is 19.5. The summed E-state index contributed by atoms with van der Waals surface area (Å²) in [4.78, 5) is 23.8. The molecule has 1 aliphatic heterocycles. The largest absolute Gasteiger partial charge is 0.460 e. The molecule has 3 aromatic rings. The maximum atomic E-state index is 12.6. The minimum atomic E-state index is -0.0352. The molecule has 0 aliphatic carbocycles. The summed E-state index contributed by atoms with van der Waals surface area (Å²) in [6.45, 7) is 7.03. The number of anilines is 1. The molecule has 0 radical (unpaired) electrons. The van der Waals surface area contributed by atoms with Gasteiger partial charge >= 0.3 is 0 Å². The molecule has 1 fully saturated rings. The van der Waals surface area contributed by atoms with Gasteiger partial charge in [-0.2, -0.15) is 0 Å². The molecule has 1 saturated heterocycles. The average Bonchev–Trinajstić information content (AvgIpc) is 3.33. The lowest BCUT2D eigenvalue weighted by Gasteiger charge is -2.31. The third kappa shape index (κ3) is 4.46. The molecule has 0 unspecified atom stereocenters. The van der Waals surface area contributed by atoms with E-state index in [4.69, 9.17) is 4.42 Å². The highest BCUT2D eigenvalue weighted by Crippen LogP contribution is 2.29. The number of nitrogens with one attached hydrogen (secondary N) is 2. The molecule has 0 aromatic carbocycles. The van der Waals surface area contributed by atoms with E-state index in [9.17, 15) is 4.79 Å². The van der Waals surface area contributed by atoms with Crippen LogP contribution in [0.15, 0.2) is 40.3 Å². The molecule has 0 bridgehead atoms. The summed E-state index contributed by atoms with van der Waals surface area (Å²) in [5, 5.41) is 9.11. The van der Waals surface area contributed by atoms with E-state index in [-0.39, 0.29) is 5.91 Å².